The Morgan fingerprint density at radius 1 is 1.33 bits per heavy atom. The molecule has 1 aromatic rings. The summed E-state index contributed by atoms with van der Waals surface area (Å²) < 4.78 is 26.0. The first-order chi connectivity index (χ1) is 9.85. The van der Waals surface area contributed by atoms with E-state index in [0.29, 0.717) is 5.56 Å². The molecule has 21 heavy (non-hydrogen) atoms. The minimum atomic E-state index is -0.907. The van der Waals surface area contributed by atoms with Gasteiger partial charge in [0, 0.05) is 19.7 Å². The van der Waals surface area contributed by atoms with Crippen LogP contribution in [-0.2, 0) is 9.59 Å². The lowest BCUT2D eigenvalue weighted by Gasteiger charge is -2.17. The van der Waals surface area contributed by atoms with Gasteiger partial charge in [0.2, 0.25) is 5.91 Å². The molecule has 7 heteroatoms. The largest absolute Gasteiger partial charge is 0.358 e. The fourth-order valence-electron chi connectivity index (χ4n) is 1.75. The van der Waals surface area contributed by atoms with Crippen molar-refractivity contribution in [1.29, 1.82) is 0 Å². The number of nitrogens with one attached hydrogen (secondary N) is 1. The van der Waals surface area contributed by atoms with Crippen LogP contribution in [0.5, 0.6) is 0 Å². The summed E-state index contributed by atoms with van der Waals surface area (Å²) >= 11 is 0. The molecule has 1 aromatic carbocycles. The van der Waals surface area contributed by atoms with Gasteiger partial charge in [0.15, 0.2) is 18.2 Å². The molecule has 0 heterocycles. The molecule has 1 atom stereocenters. The van der Waals surface area contributed by atoms with Crippen molar-refractivity contribution in [3.63, 3.8) is 0 Å². The van der Waals surface area contributed by atoms with Gasteiger partial charge < -0.3 is 15.5 Å². The molecule has 0 aliphatic carbocycles. The smallest absolute Gasteiger partial charge is 0.277 e. The van der Waals surface area contributed by atoms with Crippen LogP contribution in [0, 0.1) is 11.6 Å². The Hall–Kier alpha value is -2.02. The van der Waals surface area contributed by atoms with Gasteiger partial charge in [-0.25, -0.2) is 8.78 Å². The Bertz CT molecular complexity index is 523. The van der Waals surface area contributed by atoms with Crippen LogP contribution < -0.4 is 10.6 Å². The van der Waals surface area contributed by atoms with E-state index in [0.717, 1.165) is 12.1 Å². The first-order valence-corrected chi connectivity index (χ1v) is 6.58. The molecule has 5 nitrogen and oxygen atoms in total. The number of amides is 2. The number of hydrogen-bond acceptors (Lipinski definition) is 2. The average molecular weight is 300 g/mol. The third-order valence-corrected chi connectivity index (χ3v) is 3.20. The second-order valence-corrected chi connectivity index (χ2v) is 4.83. The van der Waals surface area contributed by atoms with E-state index in [1.165, 1.54) is 25.1 Å². The molecule has 0 bridgehead atoms. The Labute approximate surface area is 122 Å². The van der Waals surface area contributed by atoms with E-state index in [2.05, 4.69) is 5.32 Å². The van der Waals surface area contributed by atoms with Crippen LogP contribution in [0.2, 0.25) is 0 Å². The Balaban J connectivity index is 2.52. The van der Waals surface area contributed by atoms with Crippen LogP contribution in [0.4, 0.5) is 8.78 Å². The molecule has 0 fully saturated rings. The van der Waals surface area contributed by atoms with Crippen molar-refractivity contribution in [1.82, 2.24) is 10.2 Å². The third kappa shape index (κ3) is 5.11. The number of rotatable bonds is 6. The van der Waals surface area contributed by atoms with Gasteiger partial charge in [-0.15, -0.1) is 0 Å². The monoisotopic (exact) mass is 300 g/mol. The Kier molecular flexibility index (Phi) is 6.23. The number of carbonyl (C=O) groups excluding carboxylic acids is 2. The van der Waals surface area contributed by atoms with Gasteiger partial charge in [0.05, 0.1) is 6.54 Å². The highest BCUT2D eigenvalue weighted by atomic mass is 19.2. The molecule has 0 aliphatic heterocycles. The van der Waals surface area contributed by atoms with E-state index in [4.69, 9.17) is 0 Å². The molecule has 116 valence electrons. The van der Waals surface area contributed by atoms with Gasteiger partial charge in [-0.05, 0) is 25.1 Å². The highest BCUT2D eigenvalue weighted by Crippen LogP contribution is 2.12. The maximum atomic E-state index is 13.1. The molecule has 3 N–H and O–H groups in total. The highest BCUT2D eigenvalue weighted by molar-refractivity contribution is 5.84. The van der Waals surface area contributed by atoms with Crippen LogP contribution in [0.15, 0.2) is 18.2 Å². The lowest BCUT2D eigenvalue weighted by Crippen LogP contribution is -2.87. The molecule has 0 saturated heterocycles. The maximum absolute atomic E-state index is 13.1. The van der Waals surface area contributed by atoms with Crippen LogP contribution in [0.25, 0.3) is 0 Å². The van der Waals surface area contributed by atoms with Crippen molar-refractivity contribution in [3.8, 4) is 0 Å². The van der Waals surface area contributed by atoms with Crippen molar-refractivity contribution in [2.45, 2.75) is 13.0 Å². The average Bonchev–Trinajstić information content (AvgIpc) is 2.46. The normalized spacial score (nSPS) is 11.9. The van der Waals surface area contributed by atoms with E-state index in [-0.39, 0.29) is 30.9 Å². The summed E-state index contributed by atoms with van der Waals surface area (Å²) in [5.74, 6) is -2.27. The number of carbonyl (C=O) groups is 2. The van der Waals surface area contributed by atoms with Crippen LogP contribution in [-0.4, -0.2) is 43.9 Å². The van der Waals surface area contributed by atoms with Crippen molar-refractivity contribution in [3.05, 3.63) is 35.4 Å². The number of nitrogens with zero attached hydrogens (tertiary/aromatic N) is 1. The quantitative estimate of drug-likeness (QED) is 0.764. The zero-order valence-electron chi connectivity index (χ0n) is 12.3. The summed E-state index contributed by atoms with van der Waals surface area (Å²) in [6.07, 6.45) is 0. The molecule has 0 aliphatic rings. The molecule has 2 amide bonds. The summed E-state index contributed by atoms with van der Waals surface area (Å²) in [7, 11) is 3.03. The predicted molar refractivity (Wildman–Crippen MR) is 73.3 cm³/mol. The molecule has 0 radical (unpaired) electrons. The van der Waals surface area contributed by atoms with E-state index in [1.54, 1.807) is 12.2 Å². The Morgan fingerprint density at radius 3 is 2.57 bits per heavy atom. The zero-order chi connectivity index (χ0) is 16.0. The van der Waals surface area contributed by atoms with E-state index in [9.17, 15) is 18.4 Å². The first kappa shape index (κ1) is 17.0. The van der Waals surface area contributed by atoms with Crippen molar-refractivity contribution in [2.24, 2.45) is 0 Å². The van der Waals surface area contributed by atoms with E-state index >= 15 is 0 Å². The van der Waals surface area contributed by atoms with E-state index in [1.807, 2.05) is 0 Å². The third-order valence-electron chi connectivity index (χ3n) is 3.20. The number of nitrogens with two attached hydrogens (primary N) is 1. The predicted octanol–water partition coefficient (Wildman–Crippen LogP) is -0.206. The second kappa shape index (κ2) is 7.68. The van der Waals surface area contributed by atoms with Gasteiger partial charge in [0.1, 0.15) is 6.04 Å². The van der Waals surface area contributed by atoms with E-state index < -0.39 is 11.6 Å². The fourth-order valence-corrected chi connectivity index (χ4v) is 1.75. The summed E-state index contributed by atoms with van der Waals surface area (Å²) in [6, 6.07) is 3.47. The molecule has 0 spiro atoms. The summed E-state index contributed by atoms with van der Waals surface area (Å²) in [5, 5.41) is 4.14. The summed E-state index contributed by atoms with van der Waals surface area (Å²) in [5.41, 5.74) is 0.593. The minimum Gasteiger partial charge on any atom is -0.358 e. The SMILES string of the molecule is CNC(=O)CN(C)C(=O)C[NH2+][C@H](C)c1ccc(F)c(F)c1. The zero-order valence-corrected chi connectivity index (χ0v) is 12.3. The van der Waals surface area contributed by atoms with Gasteiger partial charge in [-0.2, -0.15) is 0 Å². The molecule has 1 rings (SSSR count). The molecular weight excluding hydrogens is 280 g/mol. The maximum Gasteiger partial charge on any atom is 0.277 e. The van der Waals surface area contributed by atoms with Crippen LogP contribution in [0.1, 0.15) is 18.5 Å². The van der Waals surface area contributed by atoms with Crippen LogP contribution in [0.3, 0.4) is 0 Å². The van der Waals surface area contributed by atoms with Crippen molar-refractivity contribution < 1.29 is 23.7 Å². The van der Waals surface area contributed by atoms with Crippen LogP contribution >= 0.6 is 0 Å². The van der Waals surface area contributed by atoms with Gasteiger partial charge in [-0.3, -0.25) is 9.59 Å². The number of benzene rings is 1. The summed E-state index contributed by atoms with van der Waals surface area (Å²) in [6.45, 7) is 1.90. The first-order valence-electron chi connectivity index (χ1n) is 6.58. The minimum absolute atomic E-state index is 0.0112. The molecule has 0 saturated carbocycles. The Morgan fingerprint density at radius 2 is 2.00 bits per heavy atom. The number of quaternary nitrogens is 1. The highest BCUT2D eigenvalue weighted by Gasteiger charge is 2.17. The molecular formula is C14H20F2N3O2+. The van der Waals surface area contributed by atoms with Crippen molar-refractivity contribution in [2.75, 3.05) is 27.2 Å². The molecule has 0 aromatic heterocycles. The van der Waals surface area contributed by atoms with Gasteiger partial charge in [-0.1, -0.05) is 0 Å². The number of likely N-dealkylation sites (N-methyl/N-ethyl adjacent to an activating group) is 2. The standard InChI is InChI=1S/C14H19F2N3O2/c1-9(10-4-5-11(15)12(16)6-10)18-7-14(21)19(3)8-13(20)17-2/h4-6,9,18H,7-8H2,1-3H3,(H,17,20)/p+1/t9-/m1/s1. The van der Waals surface area contributed by atoms with Gasteiger partial charge in [0.25, 0.3) is 5.91 Å². The summed E-state index contributed by atoms with van der Waals surface area (Å²) in [4.78, 5) is 24.3. The number of halogens is 2. The number of hydrogen-bond donors (Lipinski definition) is 2. The molecule has 0 unspecified atom stereocenters. The van der Waals surface area contributed by atoms with Crippen molar-refractivity contribution >= 4 is 11.8 Å². The topological polar surface area (TPSA) is 66.0 Å². The van der Waals surface area contributed by atoms with Gasteiger partial charge >= 0.3 is 0 Å². The lowest BCUT2D eigenvalue weighted by atomic mass is 10.1. The fraction of sp³-hybridized carbons (Fsp3) is 0.429. The second-order valence-electron chi connectivity index (χ2n) is 4.83. The lowest BCUT2D eigenvalue weighted by molar-refractivity contribution is -0.683.